The average Bonchev–Trinajstić information content (AvgIpc) is 2.46. The molecule has 0 unspecified atom stereocenters. The van der Waals surface area contributed by atoms with Crippen molar-refractivity contribution in [2.45, 2.75) is 12.8 Å². The molecule has 1 aliphatic heterocycles. The van der Waals surface area contributed by atoms with E-state index in [9.17, 15) is 14.9 Å². The van der Waals surface area contributed by atoms with Gasteiger partial charge < -0.3 is 15.3 Å². The Labute approximate surface area is 121 Å². The molecule has 0 saturated carbocycles. The first-order valence-electron chi connectivity index (χ1n) is 6.78. The average molecular weight is 294 g/mol. The Morgan fingerprint density at radius 1 is 1.52 bits per heavy atom. The monoisotopic (exact) mass is 294 g/mol. The molecular formula is C13H18N4O4. The topological polar surface area (TPSA) is 109 Å². The van der Waals surface area contributed by atoms with Crippen LogP contribution in [0.3, 0.4) is 0 Å². The highest BCUT2D eigenvalue weighted by Gasteiger charge is 2.21. The molecule has 2 N–H and O–H groups in total. The van der Waals surface area contributed by atoms with Crippen LogP contribution in [0.15, 0.2) is 12.1 Å². The maximum atomic E-state index is 11.0. The van der Waals surface area contributed by atoms with Crippen molar-refractivity contribution in [2.24, 2.45) is 5.92 Å². The molecule has 21 heavy (non-hydrogen) atoms. The van der Waals surface area contributed by atoms with Crippen molar-refractivity contribution in [3.63, 3.8) is 0 Å². The van der Waals surface area contributed by atoms with E-state index in [-0.39, 0.29) is 17.2 Å². The molecule has 114 valence electrons. The normalized spacial score (nSPS) is 16.6. The van der Waals surface area contributed by atoms with E-state index in [0.717, 1.165) is 32.0 Å². The van der Waals surface area contributed by atoms with E-state index in [2.05, 4.69) is 22.2 Å². The number of nitrogens with one attached hydrogen (secondary N) is 1. The molecule has 0 radical (unpaired) electrons. The zero-order chi connectivity index (χ0) is 15.4. The summed E-state index contributed by atoms with van der Waals surface area (Å²) in [6.45, 7) is 2.55. The van der Waals surface area contributed by atoms with Crippen LogP contribution in [0, 0.1) is 16.0 Å². The van der Waals surface area contributed by atoms with Crippen molar-refractivity contribution < 1.29 is 14.8 Å². The Morgan fingerprint density at radius 3 is 2.76 bits per heavy atom. The van der Waals surface area contributed by atoms with Crippen LogP contribution in [0.2, 0.25) is 0 Å². The highest BCUT2D eigenvalue weighted by atomic mass is 16.6. The van der Waals surface area contributed by atoms with Crippen molar-refractivity contribution in [3.8, 4) is 0 Å². The van der Waals surface area contributed by atoms with Crippen molar-refractivity contribution >= 4 is 17.5 Å². The van der Waals surface area contributed by atoms with Gasteiger partial charge in [0.25, 0.3) is 0 Å². The summed E-state index contributed by atoms with van der Waals surface area (Å²) in [5.74, 6) is -0.762. The lowest BCUT2D eigenvalue weighted by Gasteiger charge is -2.29. The number of anilines is 1. The number of likely N-dealkylation sites (tertiary alicyclic amines) is 1. The zero-order valence-electron chi connectivity index (χ0n) is 11.8. The number of hydrogen-bond acceptors (Lipinski definition) is 6. The van der Waals surface area contributed by atoms with Gasteiger partial charge in [-0.25, -0.2) is 9.78 Å². The Hall–Kier alpha value is -2.22. The Morgan fingerprint density at radius 2 is 2.19 bits per heavy atom. The van der Waals surface area contributed by atoms with Crippen LogP contribution in [0.1, 0.15) is 23.3 Å². The second-order valence-electron chi connectivity index (χ2n) is 5.25. The fourth-order valence-electron chi connectivity index (χ4n) is 2.36. The molecule has 1 aromatic rings. The van der Waals surface area contributed by atoms with Gasteiger partial charge in [-0.15, -0.1) is 0 Å². The number of piperidine rings is 1. The lowest BCUT2D eigenvalue weighted by molar-refractivity contribution is -0.384. The van der Waals surface area contributed by atoms with Gasteiger partial charge in [0.2, 0.25) is 5.82 Å². The highest BCUT2D eigenvalue weighted by Crippen LogP contribution is 2.24. The fraction of sp³-hybridized carbons (Fsp3) is 0.538. The molecule has 0 atom stereocenters. The smallest absolute Gasteiger partial charge is 0.354 e. The summed E-state index contributed by atoms with van der Waals surface area (Å²) in [6, 6.07) is 2.31. The van der Waals surface area contributed by atoms with E-state index in [1.54, 1.807) is 0 Å². The van der Waals surface area contributed by atoms with Gasteiger partial charge in [-0.05, 0) is 45.0 Å². The highest BCUT2D eigenvalue weighted by molar-refractivity contribution is 5.86. The van der Waals surface area contributed by atoms with Gasteiger partial charge in [0, 0.05) is 12.6 Å². The van der Waals surface area contributed by atoms with Crippen molar-refractivity contribution in [1.82, 2.24) is 9.88 Å². The van der Waals surface area contributed by atoms with E-state index < -0.39 is 10.9 Å². The first-order valence-corrected chi connectivity index (χ1v) is 6.78. The minimum atomic E-state index is -1.20. The molecule has 8 heteroatoms. The Bertz CT molecular complexity index is 541. The molecule has 0 bridgehead atoms. The lowest BCUT2D eigenvalue weighted by Crippen LogP contribution is -2.33. The largest absolute Gasteiger partial charge is 0.477 e. The standard InChI is InChI=1S/C13H18N4O4/c1-16-6-4-9(5-7-16)8-14-12-11(17(20)21)3-2-10(15-12)13(18)19/h2-3,9H,4-8H2,1H3,(H,14,15)(H,18,19). The maximum absolute atomic E-state index is 11.0. The van der Waals surface area contributed by atoms with Gasteiger partial charge in [-0.2, -0.15) is 0 Å². The number of rotatable bonds is 5. The molecular weight excluding hydrogens is 276 g/mol. The summed E-state index contributed by atoms with van der Waals surface area (Å²) in [5.41, 5.74) is -0.403. The number of nitrogens with zero attached hydrogens (tertiary/aromatic N) is 3. The lowest BCUT2D eigenvalue weighted by atomic mass is 9.97. The van der Waals surface area contributed by atoms with Crippen LogP contribution in [-0.4, -0.2) is 52.6 Å². The van der Waals surface area contributed by atoms with Crippen molar-refractivity contribution in [1.29, 1.82) is 0 Å². The molecule has 1 fully saturated rings. The third-order valence-corrected chi connectivity index (χ3v) is 3.69. The first-order chi connectivity index (χ1) is 9.97. The van der Waals surface area contributed by atoms with Gasteiger partial charge in [-0.3, -0.25) is 10.1 Å². The van der Waals surface area contributed by atoms with E-state index in [0.29, 0.717) is 12.5 Å². The summed E-state index contributed by atoms with van der Waals surface area (Å²) in [5, 5.41) is 22.8. The third kappa shape index (κ3) is 3.88. The summed E-state index contributed by atoms with van der Waals surface area (Å²) >= 11 is 0. The van der Waals surface area contributed by atoms with E-state index in [4.69, 9.17) is 5.11 Å². The van der Waals surface area contributed by atoms with Crippen LogP contribution in [0.25, 0.3) is 0 Å². The molecule has 2 rings (SSSR count). The number of pyridine rings is 1. The molecule has 1 aromatic heterocycles. The van der Waals surface area contributed by atoms with Gasteiger partial charge in [0.15, 0.2) is 5.69 Å². The minimum absolute atomic E-state index is 0.0267. The quantitative estimate of drug-likeness (QED) is 0.624. The second-order valence-corrected chi connectivity index (χ2v) is 5.25. The molecule has 1 aliphatic rings. The Balaban J connectivity index is 2.08. The van der Waals surface area contributed by atoms with Gasteiger partial charge >= 0.3 is 11.7 Å². The number of carboxylic acids is 1. The number of hydrogen-bond donors (Lipinski definition) is 2. The summed E-state index contributed by atoms with van der Waals surface area (Å²) in [6.07, 6.45) is 2.02. The predicted molar refractivity (Wildman–Crippen MR) is 76.6 cm³/mol. The first kappa shape index (κ1) is 15.2. The minimum Gasteiger partial charge on any atom is -0.477 e. The third-order valence-electron chi connectivity index (χ3n) is 3.69. The molecule has 0 spiro atoms. The number of aromatic nitrogens is 1. The number of carbonyl (C=O) groups is 1. The molecule has 0 aliphatic carbocycles. The van der Waals surface area contributed by atoms with E-state index >= 15 is 0 Å². The van der Waals surface area contributed by atoms with E-state index in [1.807, 2.05) is 0 Å². The van der Waals surface area contributed by atoms with Crippen molar-refractivity contribution in [2.75, 3.05) is 32.0 Å². The predicted octanol–water partition coefficient (Wildman–Crippen LogP) is 1.44. The SMILES string of the molecule is CN1CCC(CNc2nc(C(=O)O)ccc2[N+](=O)[O-])CC1. The van der Waals surface area contributed by atoms with Crippen molar-refractivity contribution in [3.05, 3.63) is 27.9 Å². The molecule has 0 aromatic carbocycles. The molecule has 1 saturated heterocycles. The van der Waals surface area contributed by atoms with Crippen LogP contribution >= 0.6 is 0 Å². The summed E-state index contributed by atoms with van der Waals surface area (Å²) in [7, 11) is 2.06. The number of carboxylic acid groups (broad SMARTS) is 1. The summed E-state index contributed by atoms with van der Waals surface area (Å²) in [4.78, 5) is 27.4. The number of aromatic carboxylic acids is 1. The Kier molecular flexibility index (Phi) is 4.69. The van der Waals surface area contributed by atoms with Gasteiger partial charge in [0.05, 0.1) is 4.92 Å². The fourth-order valence-corrected chi connectivity index (χ4v) is 2.36. The van der Waals surface area contributed by atoms with Crippen LogP contribution in [0.4, 0.5) is 11.5 Å². The van der Waals surface area contributed by atoms with Gasteiger partial charge in [-0.1, -0.05) is 0 Å². The van der Waals surface area contributed by atoms with Crippen LogP contribution in [-0.2, 0) is 0 Å². The molecule has 8 nitrogen and oxygen atoms in total. The van der Waals surface area contributed by atoms with Crippen LogP contribution < -0.4 is 5.32 Å². The van der Waals surface area contributed by atoms with E-state index in [1.165, 1.54) is 6.07 Å². The zero-order valence-corrected chi connectivity index (χ0v) is 11.8. The van der Waals surface area contributed by atoms with Crippen LogP contribution in [0.5, 0.6) is 0 Å². The number of nitro groups is 1. The molecule has 0 amide bonds. The molecule has 2 heterocycles. The second kappa shape index (κ2) is 6.49. The van der Waals surface area contributed by atoms with Gasteiger partial charge in [0.1, 0.15) is 0 Å². The maximum Gasteiger partial charge on any atom is 0.354 e. The summed E-state index contributed by atoms with van der Waals surface area (Å²) < 4.78 is 0.